The maximum absolute atomic E-state index is 5.72. The fourth-order valence-corrected chi connectivity index (χ4v) is 3.57. The van der Waals surface area contributed by atoms with Crippen LogP contribution in [0.25, 0.3) is 11.4 Å². The summed E-state index contributed by atoms with van der Waals surface area (Å²) in [6.45, 7) is 2.88. The fraction of sp³-hybridized carbons (Fsp3) is 0.571. The lowest BCUT2D eigenvalue weighted by molar-refractivity contribution is 0.275. The van der Waals surface area contributed by atoms with Crippen molar-refractivity contribution < 1.29 is 4.52 Å². The second-order valence-electron chi connectivity index (χ2n) is 5.38. The maximum Gasteiger partial charge on any atom is 0.230 e. The number of hydrogen-bond acceptors (Lipinski definition) is 5. The SMILES string of the molecule is Cc1cscc1-c1noc(C2CCC(CN)CC2)n1. The lowest BCUT2D eigenvalue weighted by atomic mass is 9.82. The zero-order valence-electron chi connectivity index (χ0n) is 11.1. The van der Waals surface area contributed by atoms with Gasteiger partial charge in [-0.2, -0.15) is 16.3 Å². The molecule has 0 bridgehead atoms. The summed E-state index contributed by atoms with van der Waals surface area (Å²) in [5.41, 5.74) is 8.03. The van der Waals surface area contributed by atoms with Crippen LogP contribution in [0.15, 0.2) is 15.3 Å². The molecule has 0 unspecified atom stereocenters. The van der Waals surface area contributed by atoms with Crippen LogP contribution in [0.5, 0.6) is 0 Å². The lowest BCUT2D eigenvalue weighted by Gasteiger charge is -2.24. The predicted molar refractivity (Wildman–Crippen MR) is 76.1 cm³/mol. The van der Waals surface area contributed by atoms with Gasteiger partial charge in [-0.15, -0.1) is 0 Å². The van der Waals surface area contributed by atoms with E-state index >= 15 is 0 Å². The third kappa shape index (κ3) is 2.58. The third-order valence-electron chi connectivity index (χ3n) is 4.07. The molecule has 19 heavy (non-hydrogen) atoms. The molecule has 4 nitrogen and oxygen atoms in total. The van der Waals surface area contributed by atoms with Crippen LogP contribution in [-0.2, 0) is 0 Å². The van der Waals surface area contributed by atoms with E-state index in [-0.39, 0.29) is 0 Å². The summed E-state index contributed by atoms with van der Waals surface area (Å²) in [6, 6.07) is 0. The smallest absolute Gasteiger partial charge is 0.230 e. The zero-order valence-corrected chi connectivity index (χ0v) is 11.9. The topological polar surface area (TPSA) is 64.9 Å². The van der Waals surface area contributed by atoms with Gasteiger partial charge < -0.3 is 10.3 Å². The first-order valence-corrected chi connectivity index (χ1v) is 7.79. The van der Waals surface area contributed by atoms with Crippen molar-refractivity contribution >= 4 is 11.3 Å². The molecular formula is C14H19N3OS. The molecule has 2 heterocycles. The number of rotatable bonds is 3. The molecule has 0 aliphatic heterocycles. The van der Waals surface area contributed by atoms with Gasteiger partial charge in [0.2, 0.25) is 11.7 Å². The van der Waals surface area contributed by atoms with Gasteiger partial charge >= 0.3 is 0 Å². The third-order valence-corrected chi connectivity index (χ3v) is 4.93. The van der Waals surface area contributed by atoms with Crippen molar-refractivity contribution in [1.29, 1.82) is 0 Å². The molecule has 0 radical (unpaired) electrons. The molecule has 5 heteroatoms. The summed E-state index contributed by atoms with van der Waals surface area (Å²) in [5, 5.41) is 8.32. The summed E-state index contributed by atoms with van der Waals surface area (Å²) in [7, 11) is 0. The van der Waals surface area contributed by atoms with Crippen LogP contribution in [0.3, 0.4) is 0 Å². The number of nitrogens with zero attached hydrogens (tertiary/aromatic N) is 2. The lowest BCUT2D eigenvalue weighted by Crippen LogP contribution is -2.20. The Morgan fingerprint density at radius 2 is 2.11 bits per heavy atom. The van der Waals surface area contributed by atoms with Crippen LogP contribution in [0.1, 0.15) is 43.1 Å². The van der Waals surface area contributed by atoms with E-state index in [0.29, 0.717) is 11.8 Å². The van der Waals surface area contributed by atoms with Crippen molar-refractivity contribution in [2.24, 2.45) is 11.7 Å². The molecule has 3 rings (SSSR count). The van der Waals surface area contributed by atoms with Crippen LogP contribution in [0.4, 0.5) is 0 Å². The summed E-state index contributed by atoms with van der Waals surface area (Å²) >= 11 is 1.67. The van der Waals surface area contributed by atoms with Crippen LogP contribution < -0.4 is 5.73 Å². The van der Waals surface area contributed by atoms with E-state index < -0.39 is 0 Å². The molecule has 1 saturated carbocycles. The first-order chi connectivity index (χ1) is 9.28. The van der Waals surface area contributed by atoms with Crippen molar-refractivity contribution in [3.8, 4) is 11.4 Å². The molecule has 2 N–H and O–H groups in total. The van der Waals surface area contributed by atoms with Crippen molar-refractivity contribution in [3.63, 3.8) is 0 Å². The monoisotopic (exact) mass is 277 g/mol. The Kier molecular flexibility index (Phi) is 3.66. The highest BCUT2D eigenvalue weighted by Gasteiger charge is 2.26. The molecule has 2 aromatic rings. The molecule has 0 amide bonds. The van der Waals surface area contributed by atoms with E-state index in [1.807, 2.05) is 0 Å². The summed E-state index contributed by atoms with van der Waals surface area (Å²) in [6.07, 6.45) is 4.59. The number of aromatic nitrogens is 2. The van der Waals surface area contributed by atoms with Crippen LogP contribution in [0, 0.1) is 12.8 Å². The van der Waals surface area contributed by atoms with E-state index in [9.17, 15) is 0 Å². The Morgan fingerprint density at radius 3 is 2.74 bits per heavy atom. The Labute approximate surface area is 117 Å². The standard InChI is InChI=1S/C14H19N3OS/c1-9-7-19-8-12(9)13-16-14(18-17-13)11-4-2-10(6-15)3-5-11/h7-8,10-11H,2-6,15H2,1H3. The van der Waals surface area contributed by atoms with Crippen molar-refractivity contribution in [2.75, 3.05) is 6.54 Å². The maximum atomic E-state index is 5.72. The van der Waals surface area contributed by atoms with Gasteiger partial charge in [-0.05, 0) is 56.0 Å². The molecule has 0 aromatic carbocycles. The van der Waals surface area contributed by atoms with Crippen molar-refractivity contribution in [3.05, 3.63) is 22.2 Å². The Morgan fingerprint density at radius 1 is 1.32 bits per heavy atom. The minimum Gasteiger partial charge on any atom is -0.339 e. The molecule has 1 aliphatic carbocycles. The Balaban J connectivity index is 1.74. The van der Waals surface area contributed by atoms with Gasteiger partial charge in [0.05, 0.1) is 0 Å². The fourth-order valence-electron chi connectivity index (χ4n) is 2.75. The number of thiophene rings is 1. The first kappa shape index (κ1) is 12.8. The molecule has 0 spiro atoms. The zero-order chi connectivity index (χ0) is 13.2. The van der Waals surface area contributed by atoms with E-state index in [1.54, 1.807) is 11.3 Å². The second-order valence-corrected chi connectivity index (χ2v) is 6.12. The average molecular weight is 277 g/mol. The van der Waals surface area contributed by atoms with Gasteiger partial charge in [0, 0.05) is 16.9 Å². The van der Waals surface area contributed by atoms with Crippen LogP contribution in [0.2, 0.25) is 0 Å². The van der Waals surface area contributed by atoms with Gasteiger partial charge in [0.15, 0.2) is 0 Å². The predicted octanol–water partition coefficient (Wildman–Crippen LogP) is 3.34. The van der Waals surface area contributed by atoms with Gasteiger partial charge in [0.25, 0.3) is 0 Å². The average Bonchev–Trinajstić information content (AvgIpc) is 3.07. The molecule has 0 saturated heterocycles. The molecule has 1 fully saturated rings. The normalized spacial score (nSPS) is 23.7. The van der Waals surface area contributed by atoms with Gasteiger partial charge in [-0.1, -0.05) is 5.16 Å². The number of aryl methyl sites for hydroxylation is 1. The highest BCUT2D eigenvalue weighted by molar-refractivity contribution is 7.08. The van der Waals surface area contributed by atoms with E-state index in [0.717, 1.165) is 36.7 Å². The minimum atomic E-state index is 0.419. The first-order valence-electron chi connectivity index (χ1n) is 6.84. The quantitative estimate of drug-likeness (QED) is 0.934. The van der Waals surface area contributed by atoms with E-state index in [1.165, 1.54) is 18.4 Å². The minimum absolute atomic E-state index is 0.419. The van der Waals surface area contributed by atoms with Gasteiger partial charge in [-0.3, -0.25) is 0 Å². The second kappa shape index (κ2) is 5.43. The van der Waals surface area contributed by atoms with Gasteiger partial charge in [-0.25, -0.2) is 0 Å². The van der Waals surface area contributed by atoms with Crippen molar-refractivity contribution in [1.82, 2.24) is 10.1 Å². The van der Waals surface area contributed by atoms with Crippen LogP contribution >= 0.6 is 11.3 Å². The molecule has 1 aliphatic rings. The van der Waals surface area contributed by atoms with E-state index in [2.05, 4.69) is 27.8 Å². The van der Waals surface area contributed by atoms with Crippen molar-refractivity contribution in [2.45, 2.75) is 38.5 Å². The number of hydrogen-bond donors (Lipinski definition) is 1. The Bertz CT molecular complexity index is 540. The molecular weight excluding hydrogens is 258 g/mol. The largest absolute Gasteiger partial charge is 0.339 e. The van der Waals surface area contributed by atoms with E-state index in [4.69, 9.17) is 10.3 Å². The molecule has 0 atom stereocenters. The summed E-state index contributed by atoms with van der Waals surface area (Å²) < 4.78 is 5.46. The molecule has 102 valence electrons. The Hall–Kier alpha value is -1.20. The van der Waals surface area contributed by atoms with Crippen LogP contribution in [-0.4, -0.2) is 16.7 Å². The molecule has 2 aromatic heterocycles. The summed E-state index contributed by atoms with van der Waals surface area (Å²) in [4.78, 5) is 4.59. The summed E-state index contributed by atoms with van der Waals surface area (Å²) in [5.74, 6) is 2.63. The highest BCUT2D eigenvalue weighted by Crippen LogP contribution is 2.35. The highest BCUT2D eigenvalue weighted by atomic mass is 32.1. The number of nitrogens with two attached hydrogens (primary N) is 1. The van der Waals surface area contributed by atoms with Gasteiger partial charge in [0.1, 0.15) is 0 Å².